The molecule has 1 unspecified atom stereocenters. The van der Waals surface area contributed by atoms with Crippen molar-refractivity contribution >= 4 is 17.3 Å². The number of piperidine rings is 1. The number of hydrogen-bond acceptors (Lipinski definition) is 5. The van der Waals surface area contributed by atoms with Crippen LogP contribution in [0.25, 0.3) is 0 Å². The smallest absolute Gasteiger partial charge is 0.292 e. The highest BCUT2D eigenvalue weighted by Crippen LogP contribution is 2.28. The first kappa shape index (κ1) is 18.6. The molecule has 0 spiro atoms. The minimum atomic E-state index is -0.336. The molecule has 1 atom stereocenters. The van der Waals surface area contributed by atoms with E-state index in [1.807, 2.05) is 15.9 Å². The zero-order chi connectivity index (χ0) is 18.5. The van der Waals surface area contributed by atoms with Crippen LogP contribution in [0.3, 0.4) is 0 Å². The molecule has 0 aromatic heterocycles. The molecular formula is C19H28N4O3. The van der Waals surface area contributed by atoms with Crippen molar-refractivity contribution in [3.8, 4) is 0 Å². The second-order valence-electron chi connectivity index (χ2n) is 7.11. The fourth-order valence-corrected chi connectivity index (χ4v) is 4.09. The second kappa shape index (κ2) is 8.49. The minimum absolute atomic E-state index is 0.0151. The van der Waals surface area contributed by atoms with Gasteiger partial charge in [-0.25, -0.2) is 0 Å². The third-order valence-electron chi connectivity index (χ3n) is 5.42. The zero-order valence-corrected chi connectivity index (χ0v) is 15.5. The Bertz CT molecular complexity index is 641. The molecule has 1 aromatic rings. The van der Waals surface area contributed by atoms with Gasteiger partial charge in [-0.1, -0.05) is 25.5 Å². The molecular weight excluding hydrogens is 332 g/mol. The molecule has 2 saturated heterocycles. The van der Waals surface area contributed by atoms with E-state index in [0.717, 1.165) is 32.4 Å². The topological polar surface area (TPSA) is 69.9 Å². The van der Waals surface area contributed by atoms with Gasteiger partial charge in [0, 0.05) is 32.2 Å². The summed E-state index contributed by atoms with van der Waals surface area (Å²) in [5.74, 6) is 0.236. The van der Waals surface area contributed by atoms with Crippen molar-refractivity contribution in [2.75, 3.05) is 44.2 Å². The lowest BCUT2D eigenvalue weighted by molar-refractivity contribution is -0.384. The number of nitrogens with zero attached hydrogens (tertiary/aromatic N) is 4. The summed E-state index contributed by atoms with van der Waals surface area (Å²) in [4.78, 5) is 30.2. The van der Waals surface area contributed by atoms with Crippen LogP contribution < -0.4 is 4.90 Å². The van der Waals surface area contributed by atoms with Gasteiger partial charge < -0.3 is 9.80 Å². The first-order chi connectivity index (χ1) is 12.6. The summed E-state index contributed by atoms with van der Waals surface area (Å²) in [5.41, 5.74) is 0.781. The van der Waals surface area contributed by atoms with Crippen LogP contribution in [0.1, 0.15) is 32.6 Å². The molecule has 142 valence electrons. The molecule has 0 bridgehead atoms. The Kier molecular flexibility index (Phi) is 6.08. The van der Waals surface area contributed by atoms with Gasteiger partial charge >= 0.3 is 0 Å². The Labute approximate surface area is 154 Å². The van der Waals surface area contributed by atoms with Crippen LogP contribution in [-0.4, -0.2) is 65.9 Å². The molecule has 2 aliphatic heterocycles. The lowest BCUT2D eigenvalue weighted by atomic mass is 10.00. The predicted molar refractivity (Wildman–Crippen MR) is 101 cm³/mol. The number of carbonyl (C=O) groups is 1. The van der Waals surface area contributed by atoms with Crippen molar-refractivity contribution < 1.29 is 9.72 Å². The molecule has 2 aliphatic rings. The average molecular weight is 360 g/mol. The van der Waals surface area contributed by atoms with Gasteiger partial charge in [0.05, 0.1) is 11.0 Å². The van der Waals surface area contributed by atoms with Crippen LogP contribution in [-0.2, 0) is 4.79 Å². The van der Waals surface area contributed by atoms with Crippen molar-refractivity contribution in [1.82, 2.24) is 9.80 Å². The predicted octanol–water partition coefficient (Wildman–Crippen LogP) is 2.51. The number of nitro groups is 1. The monoisotopic (exact) mass is 360 g/mol. The summed E-state index contributed by atoms with van der Waals surface area (Å²) in [6.45, 7) is 6.67. The van der Waals surface area contributed by atoms with Gasteiger partial charge in [0.2, 0.25) is 5.91 Å². The molecule has 1 amide bonds. The van der Waals surface area contributed by atoms with Gasteiger partial charge in [0.25, 0.3) is 5.69 Å². The summed E-state index contributed by atoms with van der Waals surface area (Å²) in [5, 5.41) is 11.2. The highest BCUT2D eigenvalue weighted by Gasteiger charge is 2.33. The Hall–Kier alpha value is -2.15. The van der Waals surface area contributed by atoms with Crippen molar-refractivity contribution in [2.45, 2.75) is 38.6 Å². The number of likely N-dealkylation sites (tertiary alicyclic amines) is 1. The standard InChI is InChI=1S/C19H28N4O3/c1-2-10-20-11-6-5-9-18(20)19(24)22-14-12-21(13-15-22)16-7-3-4-8-17(16)23(25)26/h3-4,7-8,18H,2,5-6,9-15H2,1H3. The van der Waals surface area contributed by atoms with Gasteiger partial charge in [-0.3, -0.25) is 19.8 Å². The maximum Gasteiger partial charge on any atom is 0.292 e. The molecule has 0 saturated carbocycles. The molecule has 2 heterocycles. The summed E-state index contributed by atoms with van der Waals surface area (Å²) in [6.07, 6.45) is 4.31. The van der Waals surface area contributed by atoms with Crippen LogP contribution in [0.15, 0.2) is 24.3 Å². The van der Waals surface area contributed by atoms with Gasteiger partial charge in [0.1, 0.15) is 5.69 Å². The molecule has 3 rings (SSSR count). The number of anilines is 1. The zero-order valence-electron chi connectivity index (χ0n) is 15.5. The number of amides is 1. The molecule has 1 aromatic carbocycles. The quantitative estimate of drug-likeness (QED) is 0.596. The van der Waals surface area contributed by atoms with E-state index < -0.39 is 0 Å². The molecule has 0 aliphatic carbocycles. The molecule has 2 fully saturated rings. The van der Waals surface area contributed by atoms with Crippen molar-refractivity contribution in [1.29, 1.82) is 0 Å². The SMILES string of the molecule is CCCN1CCCCC1C(=O)N1CCN(c2ccccc2[N+](=O)[O-])CC1. The van der Waals surface area contributed by atoms with E-state index in [-0.39, 0.29) is 22.6 Å². The summed E-state index contributed by atoms with van der Waals surface area (Å²) >= 11 is 0. The fraction of sp³-hybridized carbons (Fsp3) is 0.632. The Morgan fingerprint density at radius 1 is 1.15 bits per heavy atom. The van der Waals surface area contributed by atoms with Crippen molar-refractivity contribution in [3.05, 3.63) is 34.4 Å². The number of benzene rings is 1. The number of rotatable bonds is 5. The summed E-state index contributed by atoms with van der Waals surface area (Å²) in [7, 11) is 0. The van der Waals surface area contributed by atoms with Crippen LogP contribution >= 0.6 is 0 Å². The van der Waals surface area contributed by atoms with Gasteiger partial charge in [0.15, 0.2) is 0 Å². The first-order valence-corrected chi connectivity index (χ1v) is 9.63. The summed E-state index contributed by atoms with van der Waals surface area (Å²) in [6, 6.07) is 6.86. The number of hydrogen-bond donors (Lipinski definition) is 0. The van der Waals surface area contributed by atoms with E-state index in [9.17, 15) is 14.9 Å². The highest BCUT2D eigenvalue weighted by atomic mass is 16.6. The Balaban J connectivity index is 1.63. The van der Waals surface area contributed by atoms with Crippen molar-refractivity contribution in [3.63, 3.8) is 0 Å². The second-order valence-corrected chi connectivity index (χ2v) is 7.11. The van der Waals surface area contributed by atoms with Crippen LogP contribution in [0.5, 0.6) is 0 Å². The lowest BCUT2D eigenvalue weighted by Gasteiger charge is -2.41. The maximum absolute atomic E-state index is 13.0. The molecule has 0 radical (unpaired) electrons. The van der Waals surface area contributed by atoms with Crippen LogP contribution in [0.2, 0.25) is 0 Å². The van der Waals surface area contributed by atoms with Crippen LogP contribution in [0, 0.1) is 10.1 Å². The number of carbonyl (C=O) groups excluding carboxylic acids is 1. The van der Waals surface area contributed by atoms with E-state index in [4.69, 9.17) is 0 Å². The largest absolute Gasteiger partial charge is 0.362 e. The molecule has 7 nitrogen and oxygen atoms in total. The molecule has 26 heavy (non-hydrogen) atoms. The third kappa shape index (κ3) is 3.98. The van der Waals surface area contributed by atoms with E-state index in [1.165, 1.54) is 12.5 Å². The fourth-order valence-electron chi connectivity index (χ4n) is 4.09. The Morgan fingerprint density at radius 2 is 1.88 bits per heavy atom. The van der Waals surface area contributed by atoms with E-state index >= 15 is 0 Å². The van der Waals surface area contributed by atoms with Gasteiger partial charge in [-0.15, -0.1) is 0 Å². The molecule has 0 N–H and O–H groups in total. The maximum atomic E-state index is 13.0. The summed E-state index contributed by atoms with van der Waals surface area (Å²) < 4.78 is 0. The van der Waals surface area contributed by atoms with E-state index in [0.29, 0.717) is 31.9 Å². The third-order valence-corrected chi connectivity index (χ3v) is 5.42. The normalized spacial score (nSPS) is 21.7. The van der Waals surface area contributed by atoms with E-state index in [2.05, 4.69) is 11.8 Å². The Morgan fingerprint density at radius 3 is 2.58 bits per heavy atom. The first-order valence-electron chi connectivity index (χ1n) is 9.63. The number of piperazine rings is 1. The highest BCUT2D eigenvalue weighted by molar-refractivity contribution is 5.82. The average Bonchev–Trinajstić information content (AvgIpc) is 2.68. The lowest BCUT2D eigenvalue weighted by Crippen LogP contribution is -2.56. The van der Waals surface area contributed by atoms with Gasteiger partial charge in [-0.2, -0.15) is 0 Å². The van der Waals surface area contributed by atoms with E-state index in [1.54, 1.807) is 12.1 Å². The number of para-hydroxylation sites is 2. The minimum Gasteiger partial charge on any atom is -0.362 e. The van der Waals surface area contributed by atoms with Crippen molar-refractivity contribution in [2.24, 2.45) is 0 Å². The van der Waals surface area contributed by atoms with Crippen LogP contribution in [0.4, 0.5) is 11.4 Å². The molecule has 7 heteroatoms. The number of nitro benzene ring substituents is 1. The van der Waals surface area contributed by atoms with Gasteiger partial charge in [-0.05, 0) is 38.4 Å².